The third-order valence-corrected chi connectivity index (χ3v) is 2.07. The van der Waals surface area contributed by atoms with Crippen molar-refractivity contribution in [1.29, 1.82) is 0 Å². The highest BCUT2D eigenvalue weighted by atomic mass is 16.5. The van der Waals surface area contributed by atoms with Gasteiger partial charge in [-0.1, -0.05) is 12.1 Å². The van der Waals surface area contributed by atoms with E-state index in [-0.39, 0.29) is 0 Å². The molecule has 0 heterocycles. The molecule has 1 rings (SSSR count). The maximum absolute atomic E-state index is 10.5. The fraction of sp³-hybridized carbons (Fsp3) is 0.462. The van der Waals surface area contributed by atoms with Crippen LogP contribution >= 0.6 is 0 Å². The minimum Gasteiger partial charge on any atom is -0.491 e. The predicted molar refractivity (Wildman–Crippen MR) is 64.6 cm³/mol. The Balaban J connectivity index is 2.11. The largest absolute Gasteiger partial charge is 0.491 e. The lowest BCUT2D eigenvalue weighted by molar-refractivity contribution is 0.0405. The summed E-state index contributed by atoms with van der Waals surface area (Å²) < 4.78 is 15.8. The molecule has 1 aromatic carbocycles. The van der Waals surface area contributed by atoms with E-state index in [0.717, 1.165) is 6.29 Å². The molecule has 17 heavy (non-hydrogen) atoms. The molecule has 0 amide bonds. The first-order chi connectivity index (χ1) is 8.36. The topological polar surface area (TPSA) is 44.8 Å². The van der Waals surface area contributed by atoms with Crippen molar-refractivity contribution in [1.82, 2.24) is 0 Å². The zero-order valence-electron chi connectivity index (χ0n) is 10.1. The second kappa shape index (κ2) is 8.73. The van der Waals surface area contributed by atoms with E-state index in [1.807, 2.05) is 13.0 Å². The molecule has 94 valence electrons. The molecule has 0 saturated carbocycles. The smallest absolute Gasteiger partial charge is 0.150 e. The monoisotopic (exact) mass is 238 g/mol. The van der Waals surface area contributed by atoms with Crippen LogP contribution in [0, 0.1) is 0 Å². The minimum atomic E-state index is 0.467. The van der Waals surface area contributed by atoms with E-state index in [0.29, 0.717) is 44.3 Å². The lowest BCUT2D eigenvalue weighted by Gasteiger charge is -2.07. The zero-order valence-corrected chi connectivity index (χ0v) is 10.1. The van der Waals surface area contributed by atoms with Crippen molar-refractivity contribution in [2.24, 2.45) is 0 Å². The first kappa shape index (κ1) is 13.7. The summed E-state index contributed by atoms with van der Waals surface area (Å²) in [4.78, 5) is 10.5. The van der Waals surface area contributed by atoms with Gasteiger partial charge >= 0.3 is 0 Å². The molecular formula is C13H18O4. The predicted octanol–water partition coefficient (Wildman–Crippen LogP) is 1.93. The highest BCUT2D eigenvalue weighted by Crippen LogP contribution is 2.11. The van der Waals surface area contributed by atoms with Crippen molar-refractivity contribution >= 4 is 6.29 Å². The molecule has 0 bridgehead atoms. The highest BCUT2D eigenvalue weighted by Gasteiger charge is 1.96. The number of benzene rings is 1. The number of carbonyl (C=O) groups excluding carboxylic acids is 1. The summed E-state index contributed by atoms with van der Waals surface area (Å²) >= 11 is 0. The van der Waals surface area contributed by atoms with Crippen LogP contribution < -0.4 is 4.74 Å². The summed E-state index contributed by atoms with van der Waals surface area (Å²) in [6.07, 6.45) is 0.797. The standard InChI is InChI=1S/C13H18O4/c1-2-15-6-7-16-8-9-17-13-5-3-4-12(10-13)11-14/h3-5,10-11H,2,6-9H2,1H3. The van der Waals surface area contributed by atoms with E-state index in [4.69, 9.17) is 14.2 Å². The van der Waals surface area contributed by atoms with Gasteiger partial charge in [0, 0.05) is 12.2 Å². The normalized spacial score (nSPS) is 10.2. The van der Waals surface area contributed by atoms with E-state index in [1.165, 1.54) is 0 Å². The molecule has 0 aliphatic heterocycles. The van der Waals surface area contributed by atoms with Gasteiger partial charge in [-0.25, -0.2) is 0 Å². The van der Waals surface area contributed by atoms with E-state index >= 15 is 0 Å². The van der Waals surface area contributed by atoms with Crippen molar-refractivity contribution in [3.8, 4) is 5.75 Å². The fourth-order valence-electron chi connectivity index (χ4n) is 1.26. The second-order valence-corrected chi connectivity index (χ2v) is 3.35. The molecular weight excluding hydrogens is 220 g/mol. The van der Waals surface area contributed by atoms with Crippen LogP contribution in [-0.4, -0.2) is 39.3 Å². The van der Waals surface area contributed by atoms with Gasteiger partial charge in [0.05, 0.1) is 19.8 Å². The third-order valence-electron chi connectivity index (χ3n) is 2.07. The lowest BCUT2D eigenvalue weighted by Crippen LogP contribution is -2.10. The molecule has 0 aromatic heterocycles. The van der Waals surface area contributed by atoms with Gasteiger partial charge in [0.2, 0.25) is 0 Å². The Hall–Kier alpha value is -1.39. The highest BCUT2D eigenvalue weighted by molar-refractivity contribution is 5.75. The van der Waals surface area contributed by atoms with Crippen molar-refractivity contribution < 1.29 is 19.0 Å². The molecule has 4 heteroatoms. The van der Waals surface area contributed by atoms with Crippen LogP contribution in [0.4, 0.5) is 0 Å². The Morgan fingerprint density at radius 1 is 1.12 bits per heavy atom. The Kier molecular flexibility index (Phi) is 7.02. The van der Waals surface area contributed by atoms with Crippen molar-refractivity contribution in [3.05, 3.63) is 29.8 Å². The number of rotatable bonds is 9. The van der Waals surface area contributed by atoms with Crippen LogP contribution in [0.15, 0.2) is 24.3 Å². The molecule has 0 aliphatic carbocycles. The third kappa shape index (κ3) is 6.04. The number of carbonyl (C=O) groups is 1. The van der Waals surface area contributed by atoms with Crippen molar-refractivity contribution in [2.75, 3.05) is 33.0 Å². The molecule has 0 radical (unpaired) electrons. The number of hydrogen-bond acceptors (Lipinski definition) is 4. The van der Waals surface area contributed by atoms with Crippen molar-refractivity contribution in [3.63, 3.8) is 0 Å². The fourth-order valence-corrected chi connectivity index (χ4v) is 1.26. The van der Waals surface area contributed by atoms with Crippen LogP contribution in [0.2, 0.25) is 0 Å². The van der Waals surface area contributed by atoms with Gasteiger partial charge in [-0.15, -0.1) is 0 Å². The van der Waals surface area contributed by atoms with Gasteiger partial charge in [0.25, 0.3) is 0 Å². The van der Waals surface area contributed by atoms with Gasteiger partial charge in [0.15, 0.2) is 0 Å². The Morgan fingerprint density at radius 2 is 1.88 bits per heavy atom. The molecule has 0 N–H and O–H groups in total. The minimum absolute atomic E-state index is 0.467. The van der Waals surface area contributed by atoms with Gasteiger partial charge in [-0.05, 0) is 19.1 Å². The zero-order chi connectivity index (χ0) is 12.3. The summed E-state index contributed by atoms with van der Waals surface area (Å²) in [6.45, 7) is 4.82. The van der Waals surface area contributed by atoms with Gasteiger partial charge < -0.3 is 14.2 Å². The molecule has 0 fully saturated rings. The molecule has 4 nitrogen and oxygen atoms in total. The summed E-state index contributed by atoms with van der Waals surface area (Å²) in [7, 11) is 0. The van der Waals surface area contributed by atoms with Crippen LogP contribution in [0.25, 0.3) is 0 Å². The SMILES string of the molecule is CCOCCOCCOc1cccc(C=O)c1. The van der Waals surface area contributed by atoms with E-state index in [1.54, 1.807) is 18.2 Å². The quantitative estimate of drug-likeness (QED) is 0.487. The summed E-state index contributed by atoms with van der Waals surface area (Å²) in [5.41, 5.74) is 0.611. The first-order valence-corrected chi connectivity index (χ1v) is 5.70. The average molecular weight is 238 g/mol. The Morgan fingerprint density at radius 3 is 2.65 bits per heavy atom. The molecule has 0 aliphatic rings. The Bertz CT molecular complexity index is 325. The molecule has 1 aromatic rings. The lowest BCUT2D eigenvalue weighted by atomic mass is 10.2. The number of aldehydes is 1. The van der Waals surface area contributed by atoms with Gasteiger partial charge in [-0.3, -0.25) is 4.79 Å². The van der Waals surface area contributed by atoms with Crippen molar-refractivity contribution in [2.45, 2.75) is 6.92 Å². The number of hydrogen-bond donors (Lipinski definition) is 0. The van der Waals surface area contributed by atoms with Crippen LogP contribution in [0.5, 0.6) is 5.75 Å². The summed E-state index contributed by atoms with van der Waals surface area (Å²) in [5, 5.41) is 0. The van der Waals surface area contributed by atoms with Crippen LogP contribution in [0.1, 0.15) is 17.3 Å². The van der Waals surface area contributed by atoms with E-state index in [2.05, 4.69) is 0 Å². The molecule has 0 unspecified atom stereocenters. The maximum atomic E-state index is 10.5. The molecule has 0 atom stereocenters. The maximum Gasteiger partial charge on any atom is 0.150 e. The summed E-state index contributed by atoms with van der Waals surface area (Å²) in [6, 6.07) is 7.04. The molecule has 0 spiro atoms. The Labute approximate surface area is 101 Å². The number of ether oxygens (including phenoxy) is 3. The van der Waals surface area contributed by atoms with E-state index in [9.17, 15) is 4.79 Å². The summed E-state index contributed by atoms with van der Waals surface area (Å²) in [5.74, 6) is 0.683. The van der Waals surface area contributed by atoms with Crippen LogP contribution in [-0.2, 0) is 9.47 Å². The molecule has 0 saturated heterocycles. The first-order valence-electron chi connectivity index (χ1n) is 5.70. The van der Waals surface area contributed by atoms with Gasteiger partial charge in [0.1, 0.15) is 18.6 Å². The van der Waals surface area contributed by atoms with E-state index < -0.39 is 0 Å². The second-order valence-electron chi connectivity index (χ2n) is 3.35. The average Bonchev–Trinajstić information content (AvgIpc) is 2.38. The van der Waals surface area contributed by atoms with Crippen LogP contribution in [0.3, 0.4) is 0 Å². The van der Waals surface area contributed by atoms with Gasteiger partial charge in [-0.2, -0.15) is 0 Å².